The molecular weight excluding hydrogens is 288 g/mol. The summed E-state index contributed by atoms with van der Waals surface area (Å²) >= 11 is 0. The van der Waals surface area contributed by atoms with Crippen molar-refractivity contribution in [3.05, 3.63) is 45.8 Å². The van der Waals surface area contributed by atoms with Crippen molar-refractivity contribution in [2.45, 2.75) is 13.5 Å². The fraction of sp³-hybridized carbons (Fsp3) is 0.250. The Labute approximate surface area is 126 Å². The number of rotatable bonds is 3. The van der Waals surface area contributed by atoms with Crippen LogP contribution >= 0.6 is 0 Å². The average Bonchev–Trinajstić information content (AvgIpc) is 2.53. The first kappa shape index (κ1) is 14.2. The number of hydrogen-bond donors (Lipinski definition) is 0. The van der Waals surface area contributed by atoms with Crippen molar-refractivity contribution in [3.8, 4) is 22.8 Å². The van der Waals surface area contributed by atoms with E-state index >= 15 is 0 Å². The molecule has 1 aliphatic rings. The molecule has 1 aromatic heterocycles. The van der Waals surface area contributed by atoms with Crippen molar-refractivity contribution in [1.29, 1.82) is 0 Å². The highest BCUT2D eigenvalue weighted by molar-refractivity contribution is 5.89. The Hall–Kier alpha value is -2.76. The molecule has 2 aromatic rings. The van der Waals surface area contributed by atoms with Gasteiger partial charge in [0.15, 0.2) is 0 Å². The maximum Gasteiger partial charge on any atom is 0.351 e. The standard InChI is InChI=1S/C16H14O6/c1-3-20-15(17)12-6-9-8-21-13-5-4-10(19-2)7-11(13)14(9)22-16(12)18/h4-7H,3,8H2,1-2H3. The van der Waals surface area contributed by atoms with Crippen LogP contribution in [0.25, 0.3) is 11.3 Å². The fourth-order valence-corrected chi connectivity index (χ4v) is 2.29. The molecule has 0 fully saturated rings. The Morgan fingerprint density at radius 3 is 2.86 bits per heavy atom. The van der Waals surface area contributed by atoms with Crippen LogP contribution in [0.3, 0.4) is 0 Å². The lowest BCUT2D eigenvalue weighted by Gasteiger charge is -2.20. The minimum absolute atomic E-state index is 0.129. The summed E-state index contributed by atoms with van der Waals surface area (Å²) < 4.78 is 21.0. The molecule has 0 amide bonds. The fourth-order valence-electron chi connectivity index (χ4n) is 2.29. The number of methoxy groups -OCH3 is 1. The molecule has 0 saturated heterocycles. The molecule has 22 heavy (non-hydrogen) atoms. The molecule has 0 unspecified atom stereocenters. The summed E-state index contributed by atoms with van der Waals surface area (Å²) in [6.45, 7) is 2.07. The smallest absolute Gasteiger partial charge is 0.351 e. The first-order chi connectivity index (χ1) is 10.6. The highest BCUT2D eigenvalue weighted by Crippen LogP contribution is 2.39. The molecule has 0 bridgehead atoms. The second-order valence-electron chi connectivity index (χ2n) is 4.67. The zero-order valence-electron chi connectivity index (χ0n) is 12.2. The molecule has 0 spiro atoms. The average molecular weight is 302 g/mol. The SMILES string of the molecule is CCOC(=O)c1cc2c(oc1=O)-c1cc(OC)ccc1OC2. The molecule has 114 valence electrons. The number of carbonyl (C=O) groups excluding carboxylic acids is 1. The maximum absolute atomic E-state index is 12.0. The number of esters is 1. The maximum atomic E-state index is 12.0. The third kappa shape index (κ3) is 2.32. The van der Waals surface area contributed by atoms with E-state index < -0.39 is 11.6 Å². The van der Waals surface area contributed by atoms with Crippen molar-refractivity contribution in [3.63, 3.8) is 0 Å². The van der Waals surface area contributed by atoms with Gasteiger partial charge in [0.1, 0.15) is 29.4 Å². The highest BCUT2D eigenvalue weighted by atomic mass is 16.5. The van der Waals surface area contributed by atoms with Crippen molar-refractivity contribution >= 4 is 5.97 Å². The summed E-state index contributed by atoms with van der Waals surface area (Å²) in [5.74, 6) is 0.904. The van der Waals surface area contributed by atoms with E-state index in [1.807, 2.05) is 0 Å². The van der Waals surface area contributed by atoms with Crippen LogP contribution in [0.5, 0.6) is 11.5 Å². The molecule has 3 rings (SSSR count). The van der Waals surface area contributed by atoms with Crippen LogP contribution < -0.4 is 15.1 Å². The largest absolute Gasteiger partial charge is 0.497 e. The van der Waals surface area contributed by atoms with Gasteiger partial charge in [0.2, 0.25) is 0 Å². The van der Waals surface area contributed by atoms with Gasteiger partial charge in [-0.2, -0.15) is 0 Å². The monoisotopic (exact) mass is 302 g/mol. The quantitative estimate of drug-likeness (QED) is 0.810. The first-order valence-electron chi connectivity index (χ1n) is 6.79. The topological polar surface area (TPSA) is 75.0 Å². The van der Waals surface area contributed by atoms with Crippen molar-refractivity contribution in [1.82, 2.24) is 0 Å². The second kappa shape index (κ2) is 5.55. The van der Waals surface area contributed by atoms with Crippen LogP contribution in [0.1, 0.15) is 22.8 Å². The Morgan fingerprint density at radius 2 is 2.14 bits per heavy atom. The highest BCUT2D eigenvalue weighted by Gasteiger charge is 2.24. The van der Waals surface area contributed by atoms with E-state index in [9.17, 15) is 9.59 Å². The van der Waals surface area contributed by atoms with Crippen LogP contribution in [0.2, 0.25) is 0 Å². The normalized spacial score (nSPS) is 11.9. The molecule has 0 saturated carbocycles. The first-order valence-corrected chi connectivity index (χ1v) is 6.79. The molecular formula is C16H14O6. The van der Waals surface area contributed by atoms with Gasteiger partial charge in [0, 0.05) is 5.56 Å². The van der Waals surface area contributed by atoms with Crippen molar-refractivity contribution < 1.29 is 23.4 Å². The third-order valence-electron chi connectivity index (χ3n) is 3.33. The molecule has 0 radical (unpaired) electrons. The summed E-state index contributed by atoms with van der Waals surface area (Å²) in [6.07, 6.45) is 0. The lowest BCUT2D eigenvalue weighted by atomic mass is 10.0. The van der Waals surface area contributed by atoms with E-state index in [-0.39, 0.29) is 18.8 Å². The van der Waals surface area contributed by atoms with Gasteiger partial charge in [-0.3, -0.25) is 0 Å². The molecule has 2 heterocycles. The molecule has 0 atom stereocenters. The van der Waals surface area contributed by atoms with Gasteiger partial charge in [-0.05, 0) is 31.2 Å². The Morgan fingerprint density at radius 1 is 1.32 bits per heavy atom. The Balaban J connectivity index is 2.13. The molecule has 0 aliphatic carbocycles. The molecule has 1 aliphatic heterocycles. The summed E-state index contributed by atoms with van der Waals surface area (Å²) in [4.78, 5) is 23.8. The number of carbonyl (C=O) groups is 1. The van der Waals surface area contributed by atoms with Gasteiger partial charge in [0.25, 0.3) is 0 Å². The van der Waals surface area contributed by atoms with Crippen molar-refractivity contribution in [2.24, 2.45) is 0 Å². The van der Waals surface area contributed by atoms with E-state index in [4.69, 9.17) is 18.6 Å². The molecule has 6 nitrogen and oxygen atoms in total. The molecule has 0 N–H and O–H groups in total. The van der Waals surface area contributed by atoms with Gasteiger partial charge in [0.05, 0.1) is 19.3 Å². The van der Waals surface area contributed by atoms with Gasteiger partial charge in [-0.25, -0.2) is 9.59 Å². The predicted molar refractivity (Wildman–Crippen MR) is 77.3 cm³/mol. The van der Waals surface area contributed by atoms with E-state index in [0.29, 0.717) is 28.4 Å². The predicted octanol–water partition coefficient (Wildman–Crippen LogP) is 2.38. The van der Waals surface area contributed by atoms with Gasteiger partial charge in [-0.1, -0.05) is 0 Å². The lowest BCUT2D eigenvalue weighted by molar-refractivity contribution is 0.0521. The van der Waals surface area contributed by atoms with E-state index in [0.717, 1.165) is 0 Å². The lowest BCUT2D eigenvalue weighted by Crippen LogP contribution is -2.19. The van der Waals surface area contributed by atoms with Crippen LogP contribution in [-0.2, 0) is 11.3 Å². The Kier molecular flexibility index (Phi) is 3.58. The van der Waals surface area contributed by atoms with Crippen LogP contribution in [-0.4, -0.2) is 19.7 Å². The van der Waals surface area contributed by atoms with Crippen molar-refractivity contribution in [2.75, 3.05) is 13.7 Å². The van der Waals surface area contributed by atoms with E-state index in [2.05, 4.69) is 0 Å². The van der Waals surface area contributed by atoms with Gasteiger partial charge >= 0.3 is 11.6 Å². The minimum atomic E-state index is -0.729. The zero-order chi connectivity index (χ0) is 15.7. The zero-order valence-corrected chi connectivity index (χ0v) is 12.2. The van der Waals surface area contributed by atoms with E-state index in [1.165, 1.54) is 6.07 Å². The summed E-state index contributed by atoms with van der Waals surface area (Å²) in [6, 6.07) is 6.69. The van der Waals surface area contributed by atoms with Gasteiger partial charge in [-0.15, -0.1) is 0 Å². The number of benzene rings is 1. The summed E-state index contributed by atoms with van der Waals surface area (Å²) in [5, 5.41) is 0. The third-order valence-corrected chi connectivity index (χ3v) is 3.33. The number of ether oxygens (including phenoxy) is 3. The van der Waals surface area contributed by atoms with E-state index in [1.54, 1.807) is 32.2 Å². The van der Waals surface area contributed by atoms with Crippen LogP contribution in [0.4, 0.5) is 0 Å². The van der Waals surface area contributed by atoms with Gasteiger partial charge < -0.3 is 18.6 Å². The van der Waals surface area contributed by atoms with Crippen LogP contribution in [0, 0.1) is 0 Å². The minimum Gasteiger partial charge on any atom is -0.497 e. The second-order valence-corrected chi connectivity index (χ2v) is 4.67. The number of fused-ring (bicyclic) bond motifs is 3. The Bertz CT molecular complexity index is 790. The molecule has 6 heteroatoms. The summed E-state index contributed by atoms with van der Waals surface area (Å²) in [7, 11) is 1.55. The summed E-state index contributed by atoms with van der Waals surface area (Å²) in [5.41, 5.74) is 0.375. The van der Waals surface area contributed by atoms with Crippen LogP contribution in [0.15, 0.2) is 33.5 Å². The molecule has 1 aromatic carbocycles. The number of hydrogen-bond acceptors (Lipinski definition) is 6.